The Morgan fingerprint density at radius 2 is 2.43 bits per heavy atom. The smallest absolute Gasteiger partial charge is 0.128 e. The molecule has 2 rings (SSSR count). The van der Waals surface area contributed by atoms with Crippen LogP contribution in [0, 0.1) is 6.92 Å². The number of aryl methyl sites for hydroxylation is 1. The number of anilines is 1. The molecule has 1 atom stereocenters. The van der Waals surface area contributed by atoms with Crippen molar-refractivity contribution >= 4 is 5.82 Å². The van der Waals surface area contributed by atoms with Crippen molar-refractivity contribution in [3.63, 3.8) is 0 Å². The molecular weight excluding hydrogens is 174 g/mol. The van der Waals surface area contributed by atoms with Crippen LogP contribution in [0.25, 0.3) is 0 Å². The van der Waals surface area contributed by atoms with Crippen molar-refractivity contribution < 1.29 is 0 Å². The van der Waals surface area contributed by atoms with Gasteiger partial charge in [-0.2, -0.15) is 0 Å². The SMILES string of the molecule is Cc1ccnc(N(C)[C@@H]2CCNC2)c1. The Bertz CT molecular complexity index is 305. The molecule has 0 aromatic carbocycles. The Morgan fingerprint density at radius 3 is 3.07 bits per heavy atom. The molecule has 3 heteroatoms. The maximum absolute atomic E-state index is 4.38. The van der Waals surface area contributed by atoms with E-state index in [4.69, 9.17) is 0 Å². The summed E-state index contributed by atoms with van der Waals surface area (Å²) in [5.41, 5.74) is 1.27. The largest absolute Gasteiger partial charge is 0.355 e. The average Bonchev–Trinajstić information content (AvgIpc) is 2.69. The Kier molecular flexibility index (Phi) is 2.68. The van der Waals surface area contributed by atoms with Gasteiger partial charge in [0.25, 0.3) is 0 Å². The number of likely N-dealkylation sites (N-methyl/N-ethyl adjacent to an activating group) is 1. The molecule has 1 aliphatic heterocycles. The van der Waals surface area contributed by atoms with Crippen LogP contribution in [0.15, 0.2) is 18.3 Å². The number of nitrogens with one attached hydrogen (secondary N) is 1. The maximum atomic E-state index is 4.38. The van der Waals surface area contributed by atoms with E-state index in [9.17, 15) is 0 Å². The highest BCUT2D eigenvalue weighted by molar-refractivity contribution is 5.41. The van der Waals surface area contributed by atoms with E-state index >= 15 is 0 Å². The summed E-state index contributed by atoms with van der Waals surface area (Å²) in [6.45, 7) is 4.30. The van der Waals surface area contributed by atoms with Crippen LogP contribution in [0.3, 0.4) is 0 Å². The highest BCUT2D eigenvalue weighted by Crippen LogP contribution is 2.16. The van der Waals surface area contributed by atoms with Crippen molar-refractivity contribution in [3.8, 4) is 0 Å². The zero-order valence-corrected chi connectivity index (χ0v) is 8.83. The summed E-state index contributed by atoms with van der Waals surface area (Å²) in [6.07, 6.45) is 3.09. The molecule has 0 unspecified atom stereocenters. The fraction of sp³-hybridized carbons (Fsp3) is 0.545. The predicted molar refractivity (Wildman–Crippen MR) is 58.7 cm³/mol. The molecule has 76 valence electrons. The summed E-state index contributed by atoms with van der Waals surface area (Å²) in [5, 5.41) is 3.37. The van der Waals surface area contributed by atoms with Gasteiger partial charge in [0.2, 0.25) is 0 Å². The quantitative estimate of drug-likeness (QED) is 0.761. The van der Waals surface area contributed by atoms with Crippen molar-refractivity contribution in [1.29, 1.82) is 0 Å². The van der Waals surface area contributed by atoms with E-state index in [0.717, 1.165) is 18.9 Å². The van der Waals surface area contributed by atoms with E-state index in [-0.39, 0.29) is 0 Å². The minimum Gasteiger partial charge on any atom is -0.355 e. The van der Waals surface area contributed by atoms with Crippen LogP contribution < -0.4 is 10.2 Å². The Labute approximate surface area is 85.1 Å². The Hall–Kier alpha value is -1.09. The summed E-state index contributed by atoms with van der Waals surface area (Å²) < 4.78 is 0. The lowest BCUT2D eigenvalue weighted by Gasteiger charge is -2.24. The molecule has 0 saturated carbocycles. The first-order chi connectivity index (χ1) is 6.77. The van der Waals surface area contributed by atoms with Crippen molar-refractivity contribution in [2.24, 2.45) is 0 Å². The minimum absolute atomic E-state index is 0.601. The molecule has 0 radical (unpaired) electrons. The fourth-order valence-electron chi connectivity index (χ4n) is 1.87. The van der Waals surface area contributed by atoms with Crippen LogP contribution in [0.4, 0.5) is 5.82 Å². The number of nitrogens with zero attached hydrogens (tertiary/aromatic N) is 2. The van der Waals surface area contributed by atoms with Crippen LogP contribution in [0.1, 0.15) is 12.0 Å². The zero-order valence-electron chi connectivity index (χ0n) is 8.83. The van der Waals surface area contributed by atoms with Gasteiger partial charge in [-0.25, -0.2) is 4.98 Å². The van der Waals surface area contributed by atoms with Gasteiger partial charge in [0.1, 0.15) is 5.82 Å². The second-order valence-corrected chi connectivity index (χ2v) is 3.95. The van der Waals surface area contributed by atoms with Crippen LogP contribution in [-0.4, -0.2) is 31.2 Å². The third-order valence-corrected chi connectivity index (χ3v) is 2.84. The number of hydrogen-bond acceptors (Lipinski definition) is 3. The highest BCUT2D eigenvalue weighted by Gasteiger charge is 2.19. The molecule has 1 saturated heterocycles. The fourth-order valence-corrected chi connectivity index (χ4v) is 1.87. The van der Waals surface area contributed by atoms with Gasteiger partial charge in [-0.1, -0.05) is 0 Å². The Morgan fingerprint density at radius 1 is 1.57 bits per heavy atom. The molecule has 1 aromatic rings. The third-order valence-electron chi connectivity index (χ3n) is 2.84. The van der Waals surface area contributed by atoms with Gasteiger partial charge in [-0.15, -0.1) is 0 Å². The molecule has 2 heterocycles. The molecule has 0 aliphatic carbocycles. The lowest BCUT2D eigenvalue weighted by Crippen LogP contribution is -2.33. The van der Waals surface area contributed by atoms with Crippen molar-refractivity contribution in [2.75, 3.05) is 25.0 Å². The van der Waals surface area contributed by atoms with Gasteiger partial charge in [-0.05, 0) is 37.6 Å². The van der Waals surface area contributed by atoms with Crippen molar-refractivity contribution in [1.82, 2.24) is 10.3 Å². The van der Waals surface area contributed by atoms with E-state index in [1.807, 2.05) is 12.3 Å². The van der Waals surface area contributed by atoms with Crippen LogP contribution >= 0.6 is 0 Å². The second kappa shape index (κ2) is 3.96. The first kappa shape index (κ1) is 9.46. The molecule has 1 aliphatic rings. The van der Waals surface area contributed by atoms with E-state index in [0.29, 0.717) is 6.04 Å². The van der Waals surface area contributed by atoms with Crippen molar-refractivity contribution in [2.45, 2.75) is 19.4 Å². The lowest BCUT2D eigenvalue weighted by atomic mass is 10.2. The van der Waals surface area contributed by atoms with Crippen LogP contribution in [0.2, 0.25) is 0 Å². The average molecular weight is 191 g/mol. The predicted octanol–water partition coefficient (Wildman–Crippen LogP) is 1.19. The number of pyridine rings is 1. The van der Waals surface area contributed by atoms with Gasteiger partial charge in [-0.3, -0.25) is 0 Å². The molecule has 1 aromatic heterocycles. The molecule has 14 heavy (non-hydrogen) atoms. The molecule has 1 fully saturated rings. The summed E-state index contributed by atoms with van der Waals surface area (Å²) in [4.78, 5) is 6.65. The molecule has 3 nitrogen and oxygen atoms in total. The van der Waals surface area contributed by atoms with Gasteiger partial charge in [0.15, 0.2) is 0 Å². The number of hydrogen-bond donors (Lipinski definition) is 1. The van der Waals surface area contributed by atoms with E-state index in [1.165, 1.54) is 12.0 Å². The number of aromatic nitrogens is 1. The van der Waals surface area contributed by atoms with Gasteiger partial charge < -0.3 is 10.2 Å². The second-order valence-electron chi connectivity index (χ2n) is 3.95. The summed E-state index contributed by atoms with van der Waals surface area (Å²) >= 11 is 0. The van der Waals surface area contributed by atoms with Gasteiger partial charge in [0.05, 0.1) is 0 Å². The van der Waals surface area contributed by atoms with E-state index < -0.39 is 0 Å². The molecule has 0 bridgehead atoms. The molecule has 1 N–H and O–H groups in total. The van der Waals surface area contributed by atoms with Gasteiger partial charge >= 0.3 is 0 Å². The first-order valence-electron chi connectivity index (χ1n) is 5.13. The molecular formula is C11H17N3. The monoisotopic (exact) mass is 191 g/mol. The first-order valence-corrected chi connectivity index (χ1v) is 5.13. The molecule has 0 spiro atoms. The number of rotatable bonds is 2. The minimum atomic E-state index is 0.601. The van der Waals surface area contributed by atoms with Crippen LogP contribution in [-0.2, 0) is 0 Å². The normalized spacial score (nSPS) is 21.1. The Balaban J connectivity index is 2.13. The highest BCUT2D eigenvalue weighted by atomic mass is 15.2. The van der Waals surface area contributed by atoms with Crippen LogP contribution in [0.5, 0.6) is 0 Å². The summed E-state index contributed by atoms with van der Waals surface area (Å²) in [7, 11) is 2.12. The van der Waals surface area contributed by atoms with Gasteiger partial charge in [0, 0.05) is 25.8 Å². The summed E-state index contributed by atoms with van der Waals surface area (Å²) in [5.74, 6) is 1.08. The zero-order chi connectivity index (χ0) is 9.97. The maximum Gasteiger partial charge on any atom is 0.128 e. The standard InChI is InChI=1S/C11H17N3/c1-9-3-6-13-11(7-9)14(2)10-4-5-12-8-10/h3,6-7,10,12H,4-5,8H2,1-2H3/t10-/m1/s1. The van der Waals surface area contributed by atoms with E-state index in [1.54, 1.807) is 0 Å². The topological polar surface area (TPSA) is 28.2 Å². The molecule has 0 amide bonds. The lowest BCUT2D eigenvalue weighted by molar-refractivity contribution is 0.677. The van der Waals surface area contributed by atoms with E-state index in [2.05, 4.69) is 35.2 Å². The van der Waals surface area contributed by atoms with Crippen molar-refractivity contribution in [3.05, 3.63) is 23.9 Å². The third kappa shape index (κ3) is 1.87. The summed E-state index contributed by atoms with van der Waals surface area (Å²) in [6, 6.07) is 4.77.